The third-order valence-electron chi connectivity index (χ3n) is 2.18. The Bertz CT molecular complexity index is 538. The van der Waals surface area contributed by atoms with Gasteiger partial charge < -0.3 is 11.1 Å². The van der Waals surface area contributed by atoms with Crippen molar-refractivity contribution >= 4 is 39.1 Å². The summed E-state index contributed by atoms with van der Waals surface area (Å²) >= 11 is 5.07. The predicted molar refractivity (Wildman–Crippen MR) is 73.2 cm³/mol. The van der Waals surface area contributed by atoms with Crippen molar-refractivity contribution in [3.05, 3.63) is 27.1 Å². The zero-order valence-corrected chi connectivity index (χ0v) is 11.9. The van der Waals surface area contributed by atoms with Gasteiger partial charge in [-0.05, 0) is 34.5 Å². The van der Waals surface area contributed by atoms with E-state index in [2.05, 4.69) is 31.3 Å². The fourth-order valence-electron chi connectivity index (χ4n) is 1.40. The molecule has 18 heavy (non-hydrogen) atoms. The number of hydrogen-bond donors (Lipinski definition) is 2. The summed E-state index contributed by atoms with van der Waals surface area (Å²) in [6, 6.07) is 4.04. The first kappa shape index (κ1) is 13.0. The van der Waals surface area contributed by atoms with E-state index in [-0.39, 0.29) is 18.4 Å². The van der Waals surface area contributed by atoms with Crippen LogP contribution in [0, 0.1) is 0 Å². The van der Waals surface area contributed by atoms with Crippen LogP contribution in [0.2, 0.25) is 0 Å². The average Bonchev–Trinajstić information content (AvgIpc) is 2.88. The molecule has 0 aliphatic heterocycles. The molecule has 8 heteroatoms. The zero-order chi connectivity index (χ0) is 13.0. The first-order valence-electron chi connectivity index (χ1n) is 5.29. The van der Waals surface area contributed by atoms with Gasteiger partial charge in [0.15, 0.2) is 0 Å². The summed E-state index contributed by atoms with van der Waals surface area (Å²) < 4.78 is 2.51. The van der Waals surface area contributed by atoms with E-state index in [1.807, 2.05) is 12.1 Å². The summed E-state index contributed by atoms with van der Waals surface area (Å²) in [4.78, 5) is 16.5. The number of thiophene rings is 1. The minimum atomic E-state index is -0.101. The van der Waals surface area contributed by atoms with Gasteiger partial charge in [0.05, 0.1) is 3.79 Å². The van der Waals surface area contributed by atoms with E-state index in [4.69, 9.17) is 5.73 Å². The van der Waals surface area contributed by atoms with E-state index in [9.17, 15) is 4.79 Å². The van der Waals surface area contributed by atoms with Gasteiger partial charge in [0, 0.05) is 11.4 Å². The summed E-state index contributed by atoms with van der Waals surface area (Å²) in [5.74, 6) is 0.0711. The Hall–Kier alpha value is -1.41. The van der Waals surface area contributed by atoms with Crippen LogP contribution in [0.3, 0.4) is 0 Å². The fraction of sp³-hybridized carbons (Fsp3) is 0.300. The van der Waals surface area contributed by atoms with Gasteiger partial charge in [-0.3, -0.25) is 4.79 Å². The van der Waals surface area contributed by atoms with Gasteiger partial charge in [-0.15, -0.1) is 16.4 Å². The molecule has 0 atom stereocenters. The molecule has 2 aromatic rings. The molecule has 1 amide bonds. The number of halogens is 1. The number of nitrogens with one attached hydrogen (secondary N) is 1. The maximum absolute atomic E-state index is 11.6. The molecule has 96 valence electrons. The third-order valence-corrected chi connectivity index (χ3v) is 3.87. The summed E-state index contributed by atoms with van der Waals surface area (Å²) in [6.45, 7) is 0.744. The van der Waals surface area contributed by atoms with Crippen LogP contribution in [0.25, 0.3) is 0 Å². The van der Waals surface area contributed by atoms with Gasteiger partial charge in [0.1, 0.15) is 12.9 Å². The number of carbonyl (C=O) groups excluding carboxylic acids is 1. The van der Waals surface area contributed by atoms with Crippen LogP contribution < -0.4 is 11.1 Å². The lowest BCUT2D eigenvalue weighted by atomic mass is 10.3. The Balaban J connectivity index is 1.72. The molecule has 0 fully saturated rings. The lowest BCUT2D eigenvalue weighted by Gasteiger charge is -2.03. The molecule has 6 nitrogen and oxygen atoms in total. The van der Waals surface area contributed by atoms with Crippen LogP contribution in [0.5, 0.6) is 0 Å². The lowest BCUT2D eigenvalue weighted by molar-refractivity contribution is -0.121. The molecule has 0 saturated heterocycles. The number of aromatic nitrogens is 3. The second-order valence-corrected chi connectivity index (χ2v) is 6.15. The Morgan fingerprint density at radius 2 is 2.39 bits per heavy atom. The SMILES string of the molecule is Nc1ncn(CC(=O)NCCc2ccc(Br)s2)n1. The van der Waals surface area contributed by atoms with Crippen LogP contribution in [-0.2, 0) is 17.8 Å². The van der Waals surface area contributed by atoms with Crippen LogP contribution in [0.1, 0.15) is 4.88 Å². The maximum Gasteiger partial charge on any atom is 0.241 e. The maximum atomic E-state index is 11.6. The molecule has 0 spiro atoms. The standard InChI is InChI=1S/C10H12BrN5OS/c11-8-2-1-7(18-8)3-4-13-9(17)5-16-6-14-10(12)15-16/h1-2,6H,3-5H2,(H2,12,15)(H,13,17). The fourth-order valence-corrected chi connectivity index (χ4v) is 2.88. The highest BCUT2D eigenvalue weighted by Gasteiger charge is 2.04. The quantitative estimate of drug-likeness (QED) is 0.858. The molecule has 0 saturated carbocycles. The Morgan fingerprint density at radius 3 is 3.00 bits per heavy atom. The van der Waals surface area contributed by atoms with Crippen LogP contribution in [0.4, 0.5) is 5.95 Å². The predicted octanol–water partition coefficient (Wildman–Crippen LogP) is 1.04. The summed E-state index contributed by atoms with van der Waals surface area (Å²) in [6.07, 6.45) is 2.26. The minimum Gasteiger partial charge on any atom is -0.367 e. The molecule has 0 unspecified atom stereocenters. The number of hydrogen-bond acceptors (Lipinski definition) is 5. The van der Waals surface area contributed by atoms with E-state index in [0.29, 0.717) is 6.54 Å². The molecule has 0 bridgehead atoms. The zero-order valence-electron chi connectivity index (χ0n) is 9.47. The lowest BCUT2D eigenvalue weighted by Crippen LogP contribution is -2.29. The van der Waals surface area contributed by atoms with Gasteiger partial charge in [-0.2, -0.15) is 0 Å². The Morgan fingerprint density at radius 1 is 1.56 bits per heavy atom. The van der Waals surface area contributed by atoms with Gasteiger partial charge in [-0.1, -0.05) is 0 Å². The van der Waals surface area contributed by atoms with Crippen LogP contribution in [-0.4, -0.2) is 27.2 Å². The normalized spacial score (nSPS) is 10.5. The third kappa shape index (κ3) is 3.81. The Kier molecular flexibility index (Phi) is 4.32. The van der Waals surface area contributed by atoms with Crippen molar-refractivity contribution in [1.29, 1.82) is 0 Å². The summed E-state index contributed by atoms with van der Waals surface area (Å²) in [7, 11) is 0. The largest absolute Gasteiger partial charge is 0.367 e. The van der Waals surface area contributed by atoms with E-state index in [1.165, 1.54) is 15.9 Å². The van der Waals surface area contributed by atoms with Gasteiger partial charge in [-0.25, -0.2) is 9.67 Å². The first-order valence-corrected chi connectivity index (χ1v) is 6.90. The smallest absolute Gasteiger partial charge is 0.241 e. The van der Waals surface area contributed by atoms with Crippen molar-refractivity contribution in [2.24, 2.45) is 0 Å². The monoisotopic (exact) mass is 329 g/mol. The molecule has 0 radical (unpaired) electrons. The average molecular weight is 330 g/mol. The van der Waals surface area contributed by atoms with Crippen molar-refractivity contribution in [2.75, 3.05) is 12.3 Å². The molecule has 0 aliphatic rings. The molecule has 2 heterocycles. The summed E-state index contributed by atoms with van der Waals surface area (Å²) in [5.41, 5.74) is 5.35. The van der Waals surface area contributed by atoms with E-state index in [1.54, 1.807) is 11.3 Å². The minimum absolute atomic E-state index is 0.101. The van der Waals surface area contributed by atoms with Gasteiger partial charge >= 0.3 is 0 Å². The van der Waals surface area contributed by atoms with Gasteiger partial charge in [0.25, 0.3) is 0 Å². The molecule has 0 aliphatic carbocycles. The number of amides is 1. The molecular weight excluding hydrogens is 318 g/mol. The molecule has 3 N–H and O–H groups in total. The number of nitrogen functional groups attached to an aromatic ring is 1. The molecular formula is C10H12BrN5OS. The number of nitrogens with zero attached hydrogens (tertiary/aromatic N) is 3. The van der Waals surface area contributed by atoms with Crippen LogP contribution >= 0.6 is 27.3 Å². The van der Waals surface area contributed by atoms with Crippen molar-refractivity contribution in [3.8, 4) is 0 Å². The number of rotatable bonds is 5. The number of carbonyl (C=O) groups is 1. The molecule has 2 aromatic heterocycles. The first-order chi connectivity index (χ1) is 8.63. The van der Waals surface area contributed by atoms with Crippen molar-refractivity contribution in [1.82, 2.24) is 20.1 Å². The van der Waals surface area contributed by atoms with E-state index < -0.39 is 0 Å². The highest BCUT2D eigenvalue weighted by atomic mass is 79.9. The highest BCUT2D eigenvalue weighted by molar-refractivity contribution is 9.11. The topological polar surface area (TPSA) is 85.8 Å². The second-order valence-electron chi connectivity index (χ2n) is 3.61. The second kappa shape index (κ2) is 5.96. The highest BCUT2D eigenvalue weighted by Crippen LogP contribution is 2.21. The van der Waals surface area contributed by atoms with Crippen molar-refractivity contribution < 1.29 is 4.79 Å². The number of nitrogens with two attached hydrogens (primary N) is 1. The van der Waals surface area contributed by atoms with E-state index >= 15 is 0 Å². The van der Waals surface area contributed by atoms with Crippen molar-refractivity contribution in [2.45, 2.75) is 13.0 Å². The number of anilines is 1. The summed E-state index contributed by atoms with van der Waals surface area (Å²) in [5, 5.41) is 6.66. The molecule has 0 aromatic carbocycles. The van der Waals surface area contributed by atoms with Crippen LogP contribution in [0.15, 0.2) is 22.2 Å². The molecule has 2 rings (SSSR count). The van der Waals surface area contributed by atoms with E-state index in [0.717, 1.165) is 10.2 Å². The van der Waals surface area contributed by atoms with Crippen molar-refractivity contribution in [3.63, 3.8) is 0 Å². The van der Waals surface area contributed by atoms with Gasteiger partial charge in [0.2, 0.25) is 11.9 Å². The Labute approximate surface area is 116 Å².